The summed E-state index contributed by atoms with van der Waals surface area (Å²) < 4.78 is 1.66. The van der Waals surface area contributed by atoms with Gasteiger partial charge < -0.3 is 10.4 Å². The summed E-state index contributed by atoms with van der Waals surface area (Å²) in [6.07, 6.45) is 0.545. The van der Waals surface area contributed by atoms with Gasteiger partial charge in [-0.25, -0.2) is 0 Å². The number of halogens is 2. The molecule has 0 saturated carbocycles. The van der Waals surface area contributed by atoms with Gasteiger partial charge in [-0.3, -0.25) is 4.79 Å². The number of hydrogen-bond acceptors (Lipinski definition) is 2. The summed E-state index contributed by atoms with van der Waals surface area (Å²) in [4.78, 5) is 12.3. The molecule has 1 unspecified atom stereocenters. The first-order chi connectivity index (χ1) is 8.75. The largest absolute Gasteiger partial charge is 0.396 e. The van der Waals surface area contributed by atoms with E-state index in [9.17, 15) is 4.79 Å². The number of amides is 1. The van der Waals surface area contributed by atoms with E-state index in [4.69, 9.17) is 5.11 Å². The molecule has 1 rings (SSSR count). The maximum atomic E-state index is 12.3. The van der Waals surface area contributed by atoms with Crippen LogP contribution in [0.2, 0.25) is 0 Å². The van der Waals surface area contributed by atoms with Crippen molar-refractivity contribution in [3.8, 4) is 0 Å². The molecule has 0 heterocycles. The third-order valence-electron chi connectivity index (χ3n) is 2.94. The number of rotatable bonds is 4. The zero-order valence-corrected chi connectivity index (χ0v) is 14.5. The maximum Gasteiger partial charge on any atom is 0.252 e. The third-order valence-corrected chi connectivity index (χ3v) is 4.09. The zero-order chi connectivity index (χ0) is 14.6. The van der Waals surface area contributed by atoms with Gasteiger partial charge in [0.15, 0.2) is 0 Å². The first-order valence-corrected chi connectivity index (χ1v) is 7.71. The highest BCUT2D eigenvalue weighted by Crippen LogP contribution is 2.25. The highest BCUT2D eigenvalue weighted by atomic mass is 79.9. The molecular weight excluding hydrogens is 374 g/mol. The number of hydrogen-bond donors (Lipinski definition) is 2. The van der Waals surface area contributed by atoms with Crippen LogP contribution in [0.25, 0.3) is 0 Å². The van der Waals surface area contributed by atoms with Crippen LogP contribution in [-0.2, 0) is 0 Å². The quantitative estimate of drug-likeness (QED) is 0.819. The molecule has 1 aromatic rings. The van der Waals surface area contributed by atoms with Crippen molar-refractivity contribution in [3.05, 3.63) is 32.7 Å². The summed E-state index contributed by atoms with van der Waals surface area (Å²) in [6, 6.07) is 5.37. The number of carbonyl (C=O) groups is 1. The Hall–Kier alpha value is -0.390. The number of aliphatic hydroxyl groups is 1. The average molecular weight is 393 g/mol. The van der Waals surface area contributed by atoms with Crippen LogP contribution >= 0.6 is 31.9 Å². The van der Waals surface area contributed by atoms with Gasteiger partial charge in [-0.1, -0.05) is 36.7 Å². The molecule has 3 nitrogen and oxygen atoms in total. The van der Waals surface area contributed by atoms with Crippen LogP contribution in [0.3, 0.4) is 0 Å². The molecule has 1 amide bonds. The van der Waals surface area contributed by atoms with Gasteiger partial charge >= 0.3 is 0 Å². The molecule has 1 aromatic carbocycles. The van der Waals surface area contributed by atoms with Crippen LogP contribution in [0.15, 0.2) is 27.1 Å². The molecule has 0 fully saturated rings. The predicted molar refractivity (Wildman–Crippen MR) is 84.3 cm³/mol. The second-order valence-electron chi connectivity index (χ2n) is 5.53. The minimum Gasteiger partial charge on any atom is -0.396 e. The van der Waals surface area contributed by atoms with Crippen LogP contribution in [0.1, 0.15) is 37.6 Å². The van der Waals surface area contributed by atoms with Crippen molar-refractivity contribution < 1.29 is 9.90 Å². The lowest BCUT2D eigenvalue weighted by Crippen LogP contribution is -2.44. The Kier molecular flexibility index (Phi) is 6.02. The Balaban J connectivity index is 2.88. The molecular formula is C14H19Br2NO2. The van der Waals surface area contributed by atoms with E-state index in [-0.39, 0.29) is 24.0 Å². The van der Waals surface area contributed by atoms with E-state index < -0.39 is 0 Å². The van der Waals surface area contributed by atoms with E-state index in [1.807, 2.05) is 32.9 Å². The highest BCUT2D eigenvalue weighted by Gasteiger charge is 2.26. The smallest absolute Gasteiger partial charge is 0.252 e. The normalized spacial score (nSPS) is 13.2. The van der Waals surface area contributed by atoms with Crippen molar-refractivity contribution >= 4 is 37.8 Å². The highest BCUT2D eigenvalue weighted by molar-refractivity contribution is 9.11. The summed E-state index contributed by atoms with van der Waals surface area (Å²) in [5.41, 5.74) is 0.496. The van der Waals surface area contributed by atoms with Crippen molar-refractivity contribution in [1.29, 1.82) is 0 Å². The fraction of sp³-hybridized carbons (Fsp3) is 0.500. The molecule has 0 bridgehead atoms. The molecule has 106 valence electrons. The molecule has 0 saturated heterocycles. The van der Waals surface area contributed by atoms with Crippen LogP contribution < -0.4 is 5.32 Å². The number of carbonyl (C=O) groups excluding carboxylic acids is 1. The zero-order valence-electron chi connectivity index (χ0n) is 11.3. The van der Waals surface area contributed by atoms with Gasteiger partial charge in [0.2, 0.25) is 0 Å². The summed E-state index contributed by atoms with van der Waals surface area (Å²) in [6.45, 7) is 6.20. The first-order valence-electron chi connectivity index (χ1n) is 6.12. The Morgan fingerprint density at radius 2 is 2.00 bits per heavy atom. The fourth-order valence-corrected chi connectivity index (χ4v) is 2.99. The van der Waals surface area contributed by atoms with Crippen LogP contribution in [0.4, 0.5) is 0 Å². The van der Waals surface area contributed by atoms with E-state index in [2.05, 4.69) is 37.2 Å². The van der Waals surface area contributed by atoms with Gasteiger partial charge in [0, 0.05) is 21.6 Å². The van der Waals surface area contributed by atoms with E-state index in [0.717, 1.165) is 8.95 Å². The molecule has 19 heavy (non-hydrogen) atoms. The lowest BCUT2D eigenvalue weighted by Gasteiger charge is -2.31. The summed E-state index contributed by atoms with van der Waals surface area (Å²) >= 11 is 6.74. The Morgan fingerprint density at radius 3 is 2.47 bits per heavy atom. The van der Waals surface area contributed by atoms with Crippen molar-refractivity contribution in [2.24, 2.45) is 5.41 Å². The first kappa shape index (κ1) is 16.7. The van der Waals surface area contributed by atoms with Gasteiger partial charge in [0.25, 0.3) is 5.91 Å². The molecule has 2 N–H and O–H groups in total. The topological polar surface area (TPSA) is 49.3 Å². The molecule has 0 radical (unpaired) electrons. The number of aliphatic hydroxyl groups excluding tert-OH is 1. The second-order valence-corrected chi connectivity index (χ2v) is 7.30. The van der Waals surface area contributed by atoms with E-state index in [1.54, 1.807) is 6.07 Å². The van der Waals surface area contributed by atoms with Crippen molar-refractivity contribution in [2.75, 3.05) is 6.61 Å². The van der Waals surface area contributed by atoms with Crippen LogP contribution in [0.5, 0.6) is 0 Å². The average Bonchev–Trinajstić information content (AvgIpc) is 2.26. The predicted octanol–water partition coefficient (Wildman–Crippen LogP) is 3.74. The minimum absolute atomic E-state index is 0.0593. The summed E-state index contributed by atoms with van der Waals surface area (Å²) in [5.74, 6) is -0.132. The maximum absolute atomic E-state index is 12.3. The Bertz CT molecular complexity index is 455. The molecule has 0 aliphatic heterocycles. The lowest BCUT2D eigenvalue weighted by atomic mass is 9.85. The standard InChI is InChI=1S/C14H19Br2NO2/c1-14(2,3)12(6-7-18)17-13(19)10-5-4-9(15)8-11(10)16/h4-5,8,12,18H,6-7H2,1-3H3,(H,17,19). The molecule has 0 aliphatic rings. The molecule has 0 aromatic heterocycles. The van der Waals surface area contributed by atoms with Gasteiger partial charge in [0.1, 0.15) is 0 Å². The second kappa shape index (κ2) is 6.86. The van der Waals surface area contributed by atoms with Gasteiger partial charge in [-0.05, 0) is 46.0 Å². The van der Waals surface area contributed by atoms with E-state index in [1.165, 1.54) is 0 Å². The van der Waals surface area contributed by atoms with Crippen molar-refractivity contribution in [3.63, 3.8) is 0 Å². The lowest BCUT2D eigenvalue weighted by molar-refractivity contribution is 0.0884. The number of nitrogens with one attached hydrogen (secondary N) is 1. The molecule has 5 heteroatoms. The Labute approximate surface area is 131 Å². The van der Waals surface area contributed by atoms with Gasteiger partial charge in [-0.2, -0.15) is 0 Å². The molecule has 0 aliphatic carbocycles. The summed E-state index contributed by atoms with van der Waals surface area (Å²) in [5, 5.41) is 12.1. The van der Waals surface area contributed by atoms with E-state index in [0.29, 0.717) is 12.0 Å². The SMILES string of the molecule is CC(C)(C)C(CCO)NC(=O)c1ccc(Br)cc1Br. The van der Waals surface area contributed by atoms with E-state index >= 15 is 0 Å². The van der Waals surface area contributed by atoms with Crippen LogP contribution in [0, 0.1) is 5.41 Å². The minimum atomic E-state index is -0.132. The number of benzene rings is 1. The third kappa shape index (κ3) is 4.89. The molecule has 1 atom stereocenters. The Morgan fingerprint density at radius 1 is 1.37 bits per heavy atom. The van der Waals surface area contributed by atoms with Gasteiger partial charge in [0.05, 0.1) is 5.56 Å². The van der Waals surface area contributed by atoms with Gasteiger partial charge in [-0.15, -0.1) is 0 Å². The van der Waals surface area contributed by atoms with Crippen LogP contribution in [-0.4, -0.2) is 23.7 Å². The van der Waals surface area contributed by atoms with Crippen molar-refractivity contribution in [2.45, 2.75) is 33.2 Å². The summed E-state index contributed by atoms with van der Waals surface area (Å²) in [7, 11) is 0. The van der Waals surface area contributed by atoms with Crippen molar-refractivity contribution in [1.82, 2.24) is 5.32 Å². The fourth-order valence-electron chi connectivity index (χ4n) is 1.76. The molecule has 0 spiro atoms. The monoisotopic (exact) mass is 391 g/mol.